The smallest absolute Gasteiger partial charge is 0.241 e. The molecule has 0 fully saturated rings. The number of nitrogens with two attached hydrogens (primary N) is 1. The average molecular weight is 304 g/mol. The standard InChI is InChI=1S/C13H21FN2O3S/c1-5-19-9(3)7-16-20(17,18)13-8(2)6-11(14)12(15)10(13)4/h6,9,16H,5,7,15H2,1-4H3. The fraction of sp³-hybridized carbons (Fsp3) is 0.538. The molecule has 0 bridgehead atoms. The van der Waals surface area contributed by atoms with Gasteiger partial charge in [0.1, 0.15) is 5.82 Å². The number of nitrogens with one attached hydrogen (secondary N) is 1. The molecule has 5 nitrogen and oxygen atoms in total. The molecule has 20 heavy (non-hydrogen) atoms. The van der Waals surface area contributed by atoms with E-state index in [1.165, 1.54) is 13.8 Å². The van der Waals surface area contributed by atoms with Crippen molar-refractivity contribution < 1.29 is 17.5 Å². The van der Waals surface area contributed by atoms with E-state index in [4.69, 9.17) is 10.5 Å². The number of sulfonamides is 1. The number of ether oxygens (including phenoxy) is 1. The second-order valence-corrected chi connectivity index (χ2v) is 6.36. The van der Waals surface area contributed by atoms with Crippen LogP contribution < -0.4 is 10.5 Å². The van der Waals surface area contributed by atoms with E-state index in [2.05, 4.69) is 4.72 Å². The van der Waals surface area contributed by atoms with Gasteiger partial charge in [0.2, 0.25) is 10.0 Å². The first-order valence-corrected chi connectivity index (χ1v) is 7.85. The molecule has 0 heterocycles. The van der Waals surface area contributed by atoms with Gasteiger partial charge in [-0.25, -0.2) is 17.5 Å². The van der Waals surface area contributed by atoms with Gasteiger partial charge in [-0.2, -0.15) is 0 Å². The lowest BCUT2D eigenvalue weighted by atomic mass is 10.1. The SMILES string of the molecule is CCOC(C)CNS(=O)(=O)c1c(C)cc(F)c(N)c1C. The van der Waals surface area contributed by atoms with Crippen LogP contribution in [0.3, 0.4) is 0 Å². The first kappa shape index (κ1) is 16.9. The Morgan fingerprint density at radius 2 is 2.05 bits per heavy atom. The molecule has 0 amide bonds. The van der Waals surface area contributed by atoms with Crippen molar-refractivity contribution in [3.05, 3.63) is 23.0 Å². The van der Waals surface area contributed by atoms with Crippen molar-refractivity contribution in [2.24, 2.45) is 0 Å². The average Bonchev–Trinajstić information content (AvgIpc) is 2.34. The van der Waals surface area contributed by atoms with Crippen LogP contribution in [-0.4, -0.2) is 27.7 Å². The summed E-state index contributed by atoms with van der Waals surface area (Å²) >= 11 is 0. The van der Waals surface area contributed by atoms with Gasteiger partial charge in [-0.05, 0) is 44.9 Å². The number of benzene rings is 1. The van der Waals surface area contributed by atoms with Gasteiger partial charge in [0.05, 0.1) is 16.7 Å². The number of hydrogen-bond donors (Lipinski definition) is 2. The molecule has 0 radical (unpaired) electrons. The molecule has 0 aliphatic carbocycles. The predicted octanol–water partition coefficient (Wildman–Crippen LogP) is 1.73. The van der Waals surface area contributed by atoms with Crippen LogP contribution in [0.5, 0.6) is 0 Å². The molecule has 7 heteroatoms. The Hall–Kier alpha value is -1.18. The van der Waals surface area contributed by atoms with E-state index < -0.39 is 15.8 Å². The van der Waals surface area contributed by atoms with Crippen LogP contribution in [-0.2, 0) is 14.8 Å². The summed E-state index contributed by atoms with van der Waals surface area (Å²) in [5, 5.41) is 0. The van der Waals surface area contributed by atoms with Gasteiger partial charge < -0.3 is 10.5 Å². The van der Waals surface area contributed by atoms with Crippen LogP contribution in [0, 0.1) is 19.7 Å². The fourth-order valence-corrected chi connectivity index (χ4v) is 3.58. The molecular formula is C13H21FN2O3S. The van der Waals surface area contributed by atoms with Crippen LogP contribution in [0.15, 0.2) is 11.0 Å². The number of rotatable bonds is 6. The van der Waals surface area contributed by atoms with Gasteiger partial charge in [0, 0.05) is 13.2 Å². The Kier molecular flexibility index (Phi) is 5.50. The monoisotopic (exact) mass is 304 g/mol. The third kappa shape index (κ3) is 3.68. The molecule has 0 aliphatic heterocycles. The zero-order valence-electron chi connectivity index (χ0n) is 12.2. The number of anilines is 1. The summed E-state index contributed by atoms with van der Waals surface area (Å²) in [6, 6.07) is 1.13. The highest BCUT2D eigenvalue weighted by molar-refractivity contribution is 7.89. The van der Waals surface area contributed by atoms with E-state index in [9.17, 15) is 12.8 Å². The molecule has 114 valence electrons. The third-order valence-corrected chi connectivity index (χ3v) is 4.70. The molecule has 0 spiro atoms. The molecule has 1 aromatic carbocycles. The Labute approximate surface area is 119 Å². The molecule has 1 unspecified atom stereocenters. The first-order chi connectivity index (χ1) is 9.20. The lowest BCUT2D eigenvalue weighted by molar-refractivity contribution is 0.0799. The first-order valence-electron chi connectivity index (χ1n) is 6.37. The van der Waals surface area contributed by atoms with Crippen molar-refractivity contribution in [2.75, 3.05) is 18.9 Å². The van der Waals surface area contributed by atoms with E-state index in [0.29, 0.717) is 12.2 Å². The van der Waals surface area contributed by atoms with Gasteiger partial charge >= 0.3 is 0 Å². The maximum absolute atomic E-state index is 13.5. The molecule has 0 saturated heterocycles. The number of aryl methyl sites for hydroxylation is 1. The fourth-order valence-electron chi connectivity index (χ4n) is 1.99. The number of nitrogen functional groups attached to an aromatic ring is 1. The molecule has 0 aliphatic rings. The topological polar surface area (TPSA) is 81.4 Å². The summed E-state index contributed by atoms with van der Waals surface area (Å²) in [5.74, 6) is -0.610. The van der Waals surface area contributed by atoms with E-state index in [1.807, 2.05) is 6.92 Å². The van der Waals surface area contributed by atoms with Crippen molar-refractivity contribution >= 4 is 15.7 Å². The summed E-state index contributed by atoms with van der Waals surface area (Å²) in [5.41, 5.74) is 5.96. The van der Waals surface area contributed by atoms with Crippen molar-refractivity contribution in [3.8, 4) is 0 Å². The predicted molar refractivity (Wildman–Crippen MR) is 76.6 cm³/mol. The molecule has 0 aromatic heterocycles. The summed E-state index contributed by atoms with van der Waals surface area (Å²) in [6.45, 7) is 7.28. The Morgan fingerprint density at radius 3 is 2.60 bits per heavy atom. The number of halogens is 1. The summed E-state index contributed by atoms with van der Waals surface area (Å²) in [6.07, 6.45) is -0.242. The van der Waals surface area contributed by atoms with Crippen LogP contribution >= 0.6 is 0 Å². The van der Waals surface area contributed by atoms with E-state index in [-0.39, 0.29) is 28.8 Å². The largest absolute Gasteiger partial charge is 0.396 e. The normalized spacial score (nSPS) is 13.4. The van der Waals surface area contributed by atoms with Crippen molar-refractivity contribution in [3.63, 3.8) is 0 Å². The maximum Gasteiger partial charge on any atom is 0.241 e. The van der Waals surface area contributed by atoms with Crippen LogP contribution in [0.2, 0.25) is 0 Å². The lowest BCUT2D eigenvalue weighted by Gasteiger charge is -2.16. The Bertz CT molecular complexity index is 588. The van der Waals surface area contributed by atoms with E-state index in [1.54, 1.807) is 6.92 Å². The second-order valence-electron chi connectivity index (χ2n) is 4.66. The minimum absolute atomic E-state index is 0.0279. The molecular weight excluding hydrogens is 283 g/mol. The van der Waals surface area contributed by atoms with Crippen molar-refractivity contribution in [1.29, 1.82) is 0 Å². The van der Waals surface area contributed by atoms with Gasteiger partial charge in [-0.15, -0.1) is 0 Å². The van der Waals surface area contributed by atoms with Gasteiger partial charge in [0.25, 0.3) is 0 Å². The summed E-state index contributed by atoms with van der Waals surface area (Å²) in [7, 11) is -3.75. The third-order valence-electron chi connectivity index (χ3n) is 2.98. The summed E-state index contributed by atoms with van der Waals surface area (Å²) in [4.78, 5) is 0.0279. The van der Waals surface area contributed by atoms with Crippen molar-refractivity contribution in [1.82, 2.24) is 4.72 Å². The second kappa shape index (κ2) is 6.51. The quantitative estimate of drug-likeness (QED) is 0.784. The molecule has 0 saturated carbocycles. The van der Waals surface area contributed by atoms with Gasteiger partial charge in [-0.3, -0.25) is 0 Å². The van der Waals surface area contributed by atoms with Crippen LogP contribution in [0.25, 0.3) is 0 Å². The highest BCUT2D eigenvalue weighted by Gasteiger charge is 2.23. The Morgan fingerprint density at radius 1 is 1.45 bits per heavy atom. The zero-order chi connectivity index (χ0) is 15.5. The maximum atomic E-state index is 13.5. The zero-order valence-corrected chi connectivity index (χ0v) is 13.0. The van der Waals surface area contributed by atoms with Crippen LogP contribution in [0.1, 0.15) is 25.0 Å². The minimum atomic E-state index is -3.75. The highest BCUT2D eigenvalue weighted by Crippen LogP contribution is 2.27. The Balaban J connectivity index is 3.08. The van der Waals surface area contributed by atoms with Crippen molar-refractivity contribution in [2.45, 2.75) is 38.7 Å². The van der Waals surface area contributed by atoms with Crippen LogP contribution in [0.4, 0.5) is 10.1 Å². The molecule has 1 aromatic rings. The highest BCUT2D eigenvalue weighted by atomic mass is 32.2. The minimum Gasteiger partial charge on any atom is -0.396 e. The van der Waals surface area contributed by atoms with E-state index >= 15 is 0 Å². The molecule has 3 N–H and O–H groups in total. The van der Waals surface area contributed by atoms with E-state index in [0.717, 1.165) is 6.07 Å². The molecule has 1 rings (SSSR count). The number of hydrogen-bond acceptors (Lipinski definition) is 4. The molecule has 1 atom stereocenters. The van der Waals surface area contributed by atoms with Gasteiger partial charge in [-0.1, -0.05) is 0 Å². The van der Waals surface area contributed by atoms with Gasteiger partial charge in [0.15, 0.2) is 0 Å². The summed E-state index contributed by atoms with van der Waals surface area (Å²) < 4.78 is 45.8. The lowest BCUT2D eigenvalue weighted by Crippen LogP contribution is -2.33.